The lowest BCUT2D eigenvalue weighted by atomic mass is 10.1. The lowest BCUT2D eigenvalue weighted by Gasteiger charge is -2.30. The number of nitrogens with one attached hydrogen (secondary N) is 1. The Kier molecular flexibility index (Phi) is 13.1. The number of rotatable bonds is 15. The number of carbonyl (C=O) groups excluding carboxylic acids is 1. The molecule has 31 heavy (non-hydrogen) atoms. The molecule has 1 unspecified atom stereocenters. The Hall–Kier alpha value is -1.79. The van der Waals surface area contributed by atoms with E-state index in [1.54, 1.807) is 0 Å². The Balaban J connectivity index is 1.84. The molecule has 1 amide bonds. The van der Waals surface area contributed by atoms with Crippen LogP contribution in [0, 0.1) is 0 Å². The van der Waals surface area contributed by atoms with E-state index < -0.39 is 6.09 Å². The molecule has 1 aromatic carbocycles. The molecule has 0 radical (unpaired) electrons. The van der Waals surface area contributed by atoms with Crippen molar-refractivity contribution in [3.8, 4) is 5.75 Å². The highest BCUT2D eigenvalue weighted by Crippen LogP contribution is 2.24. The summed E-state index contributed by atoms with van der Waals surface area (Å²) in [5.74, 6) is 0.685. The molecule has 1 aliphatic heterocycles. The van der Waals surface area contributed by atoms with E-state index in [4.69, 9.17) is 14.2 Å². The van der Waals surface area contributed by atoms with Gasteiger partial charge in [-0.05, 0) is 50.9 Å². The number of ether oxygens (including phenoxy) is 3. The first-order valence-corrected chi connectivity index (χ1v) is 12.2. The minimum Gasteiger partial charge on any atom is -0.491 e. The van der Waals surface area contributed by atoms with Crippen molar-refractivity contribution in [2.45, 2.75) is 77.7 Å². The van der Waals surface area contributed by atoms with E-state index in [2.05, 4.69) is 24.1 Å². The summed E-state index contributed by atoms with van der Waals surface area (Å²) < 4.78 is 17.4. The molecule has 6 nitrogen and oxygen atoms in total. The third-order valence-corrected chi connectivity index (χ3v) is 5.47. The highest BCUT2D eigenvalue weighted by molar-refractivity contribution is 5.86. The largest absolute Gasteiger partial charge is 0.491 e. The average molecular weight is 435 g/mol. The second kappa shape index (κ2) is 15.9. The molecule has 1 aliphatic rings. The van der Waals surface area contributed by atoms with Crippen LogP contribution in [0.1, 0.15) is 71.6 Å². The van der Waals surface area contributed by atoms with Crippen molar-refractivity contribution < 1.29 is 19.0 Å². The minimum absolute atomic E-state index is 0.281. The quantitative estimate of drug-likeness (QED) is 0.350. The summed E-state index contributed by atoms with van der Waals surface area (Å²) >= 11 is 0. The van der Waals surface area contributed by atoms with Crippen molar-refractivity contribution in [3.05, 3.63) is 24.3 Å². The van der Waals surface area contributed by atoms with Crippen LogP contribution in [0.3, 0.4) is 0 Å². The van der Waals surface area contributed by atoms with Gasteiger partial charge in [0.1, 0.15) is 11.9 Å². The normalized spacial score (nSPS) is 15.4. The molecule has 1 N–H and O–H groups in total. The summed E-state index contributed by atoms with van der Waals surface area (Å²) in [7, 11) is 0. The summed E-state index contributed by atoms with van der Waals surface area (Å²) in [6.45, 7) is 8.88. The van der Waals surface area contributed by atoms with Crippen LogP contribution in [0.2, 0.25) is 0 Å². The standard InChI is InChI=1S/C25H42N2O4/c1-3-5-6-7-13-19-30-24-15-10-9-14-23(24)26-25(28)31-22(21-29-18-4-2)20-27-16-11-8-12-17-27/h9-10,14-15,22H,3-8,11-13,16-21H2,1-2H3,(H,26,28). The predicted molar refractivity (Wildman–Crippen MR) is 126 cm³/mol. The van der Waals surface area contributed by atoms with Crippen LogP contribution < -0.4 is 10.1 Å². The fourth-order valence-electron chi connectivity index (χ4n) is 3.79. The highest BCUT2D eigenvalue weighted by atomic mass is 16.6. The maximum Gasteiger partial charge on any atom is 0.412 e. The van der Waals surface area contributed by atoms with Gasteiger partial charge in [-0.1, -0.05) is 58.1 Å². The SMILES string of the molecule is CCCCCCCOc1ccccc1NC(=O)OC(COCCC)CN1CCCCC1. The van der Waals surface area contributed by atoms with E-state index >= 15 is 0 Å². The smallest absolute Gasteiger partial charge is 0.412 e. The van der Waals surface area contributed by atoms with Crippen LogP contribution in [0.4, 0.5) is 10.5 Å². The first-order chi connectivity index (χ1) is 15.2. The second-order valence-electron chi connectivity index (χ2n) is 8.35. The zero-order valence-electron chi connectivity index (χ0n) is 19.6. The third-order valence-electron chi connectivity index (χ3n) is 5.47. The van der Waals surface area contributed by atoms with Crippen molar-refractivity contribution in [3.63, 3.8) is 0 Å². The molecular weight excluding hydrogens is 392 g/mol. The van der Waals surface area contributed by atoms with Crippen LogP contribution in [-0.4, -0.2) is 56.6 Å². The molecule has 0 bridgehead atoms. The Morgan fingerprint density at radius 2 is 1.77 bits per heavy atom. The molecule has 1 fully saturated rings. The number of hydrogen-bond donors (Lipinski definition) is 1. The number of hydrogen-bond acceptors (Lipinski definition) is 5. The average Bonchev–Trinajstić information content (AvgIpc) is 2.78. The Morgan fingerprint density at radius 3 is 2.55 bits per heavy atom. The fourth-order valence-corrected chi connectivity index (χ4v) is 3.79. The van der Waals surface area contributed by atoms with Gasteiger partial charge in [0.2, 0.25) is 0 Å². The van der Waals surface area contributed by atoms with Gasteiger partial charge < -0.3 is 14.2 Å². The van der Waals surface area contributed by atoms with E-state index in [1.165, 1.54) is 44.9 Å². The zero-order valence-corrected chi connectivity index (χ0v) is 19.6. The van der Waals surface area contributed by atoms with E-state index in [0.29, 0.717) is 37.8 Å². The van der Waals surface area contributed by atoms with Crippen molar-refractivity contribution in [2.24, 2.45) is 0 Å². The number of benzene rings is 1. The summed E-state index contributed by atoms with van der Waals surface area (Å²) in [6, 6.07) is 7.54. The van der Waals surface area contributed by atoms with Gasteiger partial charge in [0.25, 0.3) is 0 Å². The predicted octanol–water partition coefficient (Wildman–Crippen LogP) is 5.87. The van der Waals surface area contributed by atoms with Gasteiger partial charge in [0.05, 0.1) is 18.9 Å². The topological polar surface area (TPSA) is 60.0 Å². The second-order valence-corrected chi connectivity index (χ2v) is 8.35. The Morgan fingerprint density at radius 1 is 1.00 bits per heavy atom. The molecule has 6 heteroatoms. The maximum absolute atomic E-state index is 12.6. The van der Waals surface area contributed by atoms with Crippen LogP contribution in [-0.2, 0) is 9.47 Å². The molecule has 2 rings (SSSR count). The van der Waals surface area contributed by atoms with Gasteiger partial charge in [-0.15, -0.1) is 0 Å². The first kappa shape index (κ1) is 25.5. The molecule has 0 spiro atoms. The molecule has 1 saturated heterocycles. The Bertz CT molecular complexity index is 605. The number of anilines is 1. The summed E-state index contributed by atoms with van der Waals surface area (Å²) in [5.41, 5.74) is 0.646. The number of unbranched alkanes of at least 4 members (excludes halogenated alkanes) is 4. The molecule has 1 atom stereocenters. The van der Waals surface area contributed by atoms with Gasteiger partial charge in [-0.2, -0.15) is 0 Å². The van der Waals surface area contributed by atoms with E-state index in [1.807, 2.05) is 24.3 Å². The van der Waals surface area contributed by atoms with E-state index in [9.17, 15) is 4.79 Å². The Labute approximate surface area is 188 Å². The van der Waals surface area contributed by atoms with Crippen LogP contribution in [0.5, 0.6) is 5.75 Å². The highest BCUT2D eigenvalue weighted by Gasteiger charge is 2.21. The minimum atomic E-state index is -0.457. The monoisotopic (exact) mass is 434 g/mol. The number of nitrogens with zero attached hydrogens (tertiary/aromatic N) is 1. The molecular formula is C25H42N2O4. The van der Waals surface area contributed by atoms with Gasteiger partial charge in [-0.3, -0.25) is 10.2 Å². The third kappa shape index (κ3) is 10.9. The first-order valence-electron chi connectivity index (χ1n) is 12.2. The maximum atomic E-state index is 12.6. The van der Waals surface area contributed by atoms with Crippen LogP contribution >= 0.6 is 0 Å². The number of amides is 1. The van der Waals surface area contributed by atoms with Crippen molar-refractivity contribution in [1.29, 1.82) is 0 Å². The van der Waals surface area contributed by atoms with E-state index in [-0.39, 0.29) is 6.10 Å². The summed E-state index contributed by atoms with van der Waals surface area (Å²) in [4.78, 5) is 15.0. The zero-order chi connectivity index (χ0) is 22.2. The van der Waals surface area contributed by atoms with Crippen LogP contribution in [0.25, 0.3) is 0 Å². The molecule has 1 heterocycles. The van der Waals surface area contributed by atoms with Crippen molar-refractivity contribution in [2.75, 3.05) is 44.8 Å². The van der Waals surface area contributed by atoms with Gasteiger partial charge >= 0.3 is 6.09 Å². The molecule has 0 saturated carbocycles. The summed E-state index contributed by atoms with van der Waals surface area (Å²) in [6.07, 6.45) is 9.84. The summed E-state index contributed by atoms with van der Waals surface area (Å²) in [5, 5.41) is 2.87. The van der Waals surface area contributed by atoms with Crippen molar-refractivity contribution >= 4 is 11.8 Å². The van der Waals surface area contributed by atoms with Crippen LogP contribution in [0.15, 0.2) is 24.3 Å². The number of para-hydroxylation sites is 2. The molecule has 1 aromatic rings. The van der Waals surface area contributed by atoms with E-state index in [0.717, 1.165) is 25.9 Å². The lowest BCUT2D eigenvalue weighted by molar-refractivity contribution is 0.00487. The van der Waals surface area contributed by atoms with Gasteiger partial charge in [0.15, 0.2) is 0 Å². The molecule has 0 aromatic heterocycles. The van der Waals surface area contributed by atoms with Crippen molar-refractivity contribution in [1.82, 2.24) is 4.90 Å². The molecule has 0 aliphatic carbocycles. The fraction of sp³-hybridized carbons (Fsp3) is 0.720. The lowest BCUT2D eigenvalue weighted by Crippen LogP contribution is -2.41. The molecule has 176 valence electrons. The number of piperidine rings is 1. The number of carbonyl (C=O) groups is 1. The van der Waals surface area contributed by atoms with Gasteiger partial charge in [-0.25, -0.2) is 4.79 Å². The number of likely N-dealkylation sites (tertiary alicyclic amines) is 1. The van der Waals surface area contributed by atoms with Gasteiger partial charge in [0, 0.05) is 13.2 Å².